The maximum Gasteiger partial charge on any atom is 0.319 e. The Balaban J connectivity index is 1.81. The summed E-state index contributed by atoms with van der Waals surface area (Å²) >= 11 is 0. The number of piperidine rings is 1. The predicted octanol–water partition coefficient (Wildman–Crippen LogP) is 2.16. The summed E-state index contributed by atoms with van der Waals surface area (Å²) in [6.07, 6.45) is 2.88. The Morgan fingerprint density at radius 2 is 1.93 bits per heavy atom. The summed E-state index contributed by atoms with van der Waals surface area (Å²) in [5, 5.41) is 7.88. The monoisotopic (exact) mass is 376 g/mol. The van der Waals surface area contributed by atoms with Gasteiger partial charge in [-0.15, -0.1) is 0 Å². The number of nitrogens with zero attached hydrogens (tertiary/aromatic N) is 1. The van der Waals surface area contributed by atoms with Crippen molar-refractivity contribution in [1.82, 2.24) is 15.6 Å². The van der Waals surface area contributed by atoms with Gasteiger partial charge in [0.25, 0.3) is 0 Å². The maximum atomic E-state index is 14.5. The van der Waals surface area contributed by atoms with Gasteiger partial charge < -0.3 is 20.7 Å². The van der Waals surface area contributed by atoms with Crippen LogP contribution in [0.1, 0.15) is 17.9 Å². The van der Waals surface area contributed by atoms with E-state index in [1.165, 1.54) is 19.5 Å². The second-order valence-electron chi connectivity index (χ2n) is 6.06. The van der Waals surface area contributed by atoms with Crippen LogP contribution in [0.4, 0.5) is 19.3 Å². The number of urea groups is 1. The molecule has 9 heteroatoms. The van der Waals surface area contributed by atoms with Crippen molar-refractivity contribution in [2.24, 2.45) is 0 Å². The highest BCUT2D eigenvalue weighted by Gasteiger charge is 2.35. The molecule has 1 aromatic carbocycles. The minimum Gasteiger partial charge on any atom is -0.497 e. The molecule has 27 heavy (non-hydrogen) atoms. The third kappa shape index (κ3) is 4.30. The molecule has 0 spiro atoms. The number of carbonyl (C=O) groups is 2. The van der Waals surface area contributed by atoms with Crippen LogP contribution in [-0.2, 0) is 4.79 Å². The first-order valence-electron chi connectivity index (χ1n) is 8.25. The smallest absolute Gasteiger partial charge is 0.319 e. The Kier molecular flexibility index (Phi) is 5.49. The zero-order valence-corrected chi connectivity index (χ0v) is 14.5. The molecule has 2 atom stereocenters. The molecular weight excluding hydrogens is 358 g/mol. The van der Waals surface area contributed by atoms with Crippen molar-refractivity contribution in [2.45, 2.75) is 18.4 Å². The highest BCUT2D eigenvalue weighted by molar-refractivity contribution is 5.89. The second-order valence-corrected chi connectivity index (χ2v) is 6.06. The third-order valence-corrected chi connectivity index (χ3v) is 4.32. The van der Waals surface area contributed by atoms with Gasteiger partial charge in [0.05, 0.1) is 13.2 Å². The topological polar surface area (TPSA) is 92.4 Å². The molecule has 0 aliphatic carbocycles. The third-order valence-electron chi connectivity index (χ3n) is 4.32. The van der Waals surface area contributed by atoms with Crippen LogP contribution in [0.5, 0.6) is 5.75 Å². The summed E-state index contributed by atoms with van der Waals surface area (Å²) in [6, 6.07) is 4.06. The van der Waals surface area contributed by atoms with Crippen molar-refractivity contribution in [1.29, 1.82) is 0 Å². The Morgan fingerprint density at radius 1 is 1.26 bits per heavy atom. The lowest BCUT2D eigenvalue weighted by Gasteiger charge is -2.33. The fraction of sp³-hybridized carbons (Fsp3) is 0.278. The number of benzene rings is 1. The number of amides is 3. The minimum atomic E-state index is -0.854. The van der Waals surface area contributed by atoms with E-state index >= 15 is 0 Å². The summed E-state index contributed by atoms with van der Waals surface area (Å²) in [5.41, 5.74) is 0.264. The SMILES string of the molecule is COc1cc(F)c([C@H]2CC(=O)NC[C@@H]2NC(=O)Nc2ccncc2)c(F)c1. The molecule has 2 heterocycles. The van der Waals surface area contributed by atoms with Crippen LogP contribution in [0.2, 0.25) is 0 Å². The molecule has 0 saturated carbocycles. The summed E-state index contributed by atoms with van der Waals surface area (Å²) < 4.78 is 33.8. The Bertz CT molecular complexity index is 825. The number of halogens is 2. The normalized spacial score (nSPS) is 19.1. The molecule has 0 unspecified atom stereocenters. The quantitative estimate of drug-likeness (QED) is 0.763. The lowest BCUT2D eigenvalue weighted by atomic mass is 9.85. The first kappa shape index (κ1) is 18.6. The number of hydrogen-bond acceptors (Lipinski definition) is 4. The molecule has 142 valence electrons. The number of aromatic nitrogens is 1. The van der Waals surface area contributed by atoms with Crippen LogP contribution in [0, 0.1) is 11.6 Å². The molecule has 1 aliphatic heterocycles. The molecule has 0 radical (unpaired) electrons. The molecular formula is C18H18F2N4O3. The van der Waals surface area contributed by atoms with Crippen molar-refractivity contribution in [3.05, 3.63) is 53.9 Å². The molecule has 0 bridgehead atoms. The fourth-order valence-corrected chi connectivity index (χ4v) is 3.04. The van der Waals surface area contributed by atoms with Gasteiger partial charge in [0.15, 0.2) is 0 Å². The average molecular weight is 376 g/mol. The summed E-state index contributed by atoms with van der Waals surface area (Å²) in [5.74, 6) is -2.82. The molecule has 3 amide bonds. The maximum absolute atomic E-state index is 14.5. The number of rotatable bonds is 4. The van der Waals surface area contributed by atoms with E-state index in [-0.39, 0.29) is 30.2 Å². The first-order valence-corrected chi connectivity index (χ1v) is 8.25. The van der Waals surface area contributed by atoms with Crippen molar-refractivity contribution >= 4 is 17.6 Å². The van der Waals surface area contributed by atoms with Crippen LogP contribution in [0.3, 0.4) is 0 Å². The highest BCUT2D eigenvalue weighted by Crippen LogP contribution is 2.33. The van der Waals surface area contributed by atoms with Gasteiger partial charge in [-0.05, 0) is 12.1 Å². The van der Waals surface area contributed by atoms with Crippen molar-refractivity contribution in [3.8, 4) is 5.75 Å². The number of methoxy groups -OCH3 is 1. The molecule has 1 saturated heterocycles. The number of carbonyl (C=O) groups excluding carboxylic acids is 2. The Labute approximate surface area is 154 Å². The number of hydrogen-bond donors (Lipinski definition) is 3. The number of nitrogens with one attached hydrogen (secondary N) is 3. The van der Waals surface area contributed by atoms with E-state index in [9.17, 15) is 18.4 Å². The Morgan fingerprint density at radius 3 is 2.56 bits per heavy atom. The zero-order valence-electron chi connectivity index (χ0n) is 14.5. The lowest BCUT2D eigenvalue weighted by molar-refractivity contribution is -0.123. The molecule has 7 nitrogen and oxygen atoms in total. The van der Waals surface area contributed by atoms with Gasteiger partial charge in [0.2, 0.25) is 5.91 Å². The van der Waals surface area contributed by atoms with Gasteiger partial charge >= 0.3 is 6.03 Å². The number of ether oxygens (including phenoxy) is 1. The average Bonchev–Trinajstić information content (AvgIpc) is 2.64. The molecule has 1 aliphatic rings. The van der Waals surface area contributed by atoms with E-state index in [2.05, 4.69) is 20.9 Å². The first-order chi connectivity index (χ1) is 13.0. The van der Waals surface area contributed by atoms with Crippen molar-refractivity contribution < 1.29 is 23.1 Å². The van der Waals surface area contributed by atoms with Crippen LogP contribution in [0.15, 0.2) is 36.7 Å². The standard InChI is InChI=1S/C18H18F2N4O3/c1-27-11-6-13(19)17(14(20)7-11)12-8-16(25)22-9-15(12)24-18(26)23-10-2-4-21-5-3-10/h2-7,12,15H,8-9H2,1H3,(H,22,25)(H2,21,23,24,26)/t12-,15-/m0/s1. The summed E-state index contributed by atoms with van der Waals surface area (Å²) in [7, 11) is 1.30. The largest absolute Gasteiger partial charge is 0.497 e. The molecule has 3 N–H and O–H groups in total. The van der Waals surface area contributed by atoms with Gasteiger partial charge in [-0.1, -0.05) is 0 Å². The minimum absolute atomic E-state index is 0.0361. The van der Waals surface area contributed by atoms with Crippen molar-refractivity contribution in [2.75, 3.05) is 19.0 Å². The zero-order chi connectivity index (χ0) is 19.4. The second kappa shape index (κ2) is 7.98. The van der Waals surface area contributed by atoms with Crippen LogP contribution in [-0.4, -0.2) is 36.6 Å². The molecule has 3 rings (SSSR count). The van der Waals surface area contributed by atoms with E-state index in [1.807, 2.05) is 0 Å². The van der Waals surface area contributed by atoms with Crippen LogP contribution < -0.4 is 20.7 Å². The van der Waals surface area contributed by atoms with E-state index in [4.69, 9.17) is 4.74 Å². The van der Waals surface area contributed by atoms with Gasteiger partial charge in [-0.3, -0.25) is 9.78 Å². The van der Waals surface area contributed by atoms with E-state index < -0.39 is 29.6 Å². The van der Waals surface area contributed by atoms with E-state index in [0.717, 1.165) is 12.1 Å². The summed E-state index contributed by atoms with van der Waals surface area (Å²) in [6.45, 7) is 0.0537. The number of anilines is 1. The lowest BCUT2D eigenvalue weighted by Crippen LogP contribution is -2.53. The van der Waals surface area contributed by atoms with Crippen LogP contribution >= 0.6 is 0 Å². The van der Waals surface area contributed by atoms with Crippen LogP contribution in [0.25, 0.3) is 0 Å². The van der Waals surface area contributed by atoms with Gasteiger partial charge in [-0.25, -0.2) is 13.6 Å². The van der Waals surface area contributed by atoms with Gasteiger partial charge in [-0.2, -0.15) is 0 Å². The number of pyridine rings is 1. The fourth-order valence-electron chi connectivity index (χ4n) is 3.04. The highest BCUT2D eigenvalue weighted by atomic mass is 19.1. The predicted molar refractivity (Wildman–Crippen MR) is 93.5 cm³/mol. The molecule has 2 aromatic rings. The molecule has 1 fully saturated rings. The van der Waals surface area contributed by atoms with Crippen molar-refractivity contribution in [3.63, 3.8) is 0 Å². The van der Waals surface area contributed by atoms with Gasteiger partial charge in [0, 0.05) is 54.7 Å². The molecule has 1 aromatic heterocycles. The van der Waals surface area contributed by atoms with E-state index in [0.29, 0.717) is 5.69 Å². The Hall–Kier alpha value is -3.23. The van der Waals surface area contributed by atoms with Gasteiger partial charge in [0.1, 0.15) is 17.4 Å². The summed E-state index contributed by atoms with van der Waals surface area (Å²) in [4.78, 5) is 27.9. The van der Waals surface area contributed by atoms with E-state index in [1.54, 1.807) is 12.1 Å².